The molecule has 6 nitrogen and oxygen atoms in total. The molecule has 1 atom stereocenters. The molecule has 1 aliphatic rings. The predicted octanol–water partition coefficient (Wildman–Crippen LogP) is 1.89. The second kappa shape index (κ2) is 7.21. The molecule has 1 fully saturated rings. The Balaban J connectivity index is 1.68. The normalized spacial score (nSPS) is 19.0. The highest BCUT2D eigenvalue weighted by atomic mass is 32.2. The molecule has 1 unspecified atom stereocenters. The zero-order chi connectivity index (χ0) is 18.0. The summed E-state index contributed by atoms with van der Waals surface area (Å²) in [6.07, 6.45) is 3.78. The van der Waals surface area contributed by atoms with E-state index in [9.17, 15) is 13.2 Å². The summed E-state index contributed by atoms with van der Waals surface area (Å²) in [5.41, 5.74) is 1.70. The van der Waals surface area contributed by atoms with Gasteiger partial charge in [0.25, 0.3) is 5.91 Å². The maximum absolute atomic E-state index is 12.7. The lowest BCUT2D eigenvalue weighted by Crippen LogP contribution is -2.37. The molecular weight excluding hydrogens is 358 g/mol. The number of carbonyl (C=O) groups excluding carboxylic acids is 1. The van der Waals surface area contributed by atoms with E-state index < -0.39 is 9.84 Å². The van der Waals surface area contributed by atoms with Crippen LogP contribution in [0.25, 0.3) is 0 Å². The van der Waals surface area contributed by atoms with E-state index in [0.717, 1.165) is 23.5 Å². The molecule has 3 rings (SSSR count). The van der Waals surface area contributed by atoms with Gasteiger partial charge in [-0.1, -0.05) is 6.07 Å². The van der Waals surface area contributed by atoms with Gasteiger partial charge in [0, 0.05) is 31.4 Å². The van der Waals surface area contributed by atoms with E-state index in [-0.39, 0.29) is 23.5 Å². The van der Waals surface area contributed by atoms with Gasteiger partial charge in [-0.3, -0.25) is 9.78 Å². The van der Waals surface area contributed by atoms with E-state index in [4.69, 9.17) is 0 Å². The number of rotatable bonds is 5. The largest absolute Gasteiger partial charge is 0.337 e. The van der Waals surface area contributed by atoms with Crippen LogP contribution in [-0.4, -0.2) is 53.8 Å². The van der Waals surface area contributed by atoms with Crippen molar-refractivity contribution in [2.75, 3.05) is 18.6 Å². The molecule has 0 radical (unpaired) electrons. The third kappa shape index (κ3) is 4.24. The van der Waals surface area contributed by atoms with Crippen molar-refractivity contribution in [2.45, 2.75) is 32.2 Å². The highest BCUT2D eigenvalue weighted by molar-refractivity contribution is 7.91. The van der Waals surface area contributed by atoms with Gasteiger partial charge in [-0.2, -0.15) is 0 Å². The number of thiazole rings is 1. The van der Waals surface area contributed by atoms with Gasteiger partial charge in [-0.05, 0) is 31.9 Å². The van der Waals surface area contributed by atoms with Crippen molar-refractivity contribution in [1.29, 1.82) is 0 Å². The van der Waals surface area contributed by atoms with Crippen LogP contribution in [0, 0.1) is 6.92 Å². The van der Waals surface area contributed by atoms with Crippen LogP contribution in [0.3, 0.4) is 0 Å². The summed E-state index contributed by atoms with van der Waals surface area (Å²) >= 11 is 1.39. The number of hydrogen-bond acceptors (Lipinski definition) is 6. The van der Waals surface area contributed by atoms with Gasteiger partial charge in [0.05, 0.1) is 22.2 Å². The van der Waals surface area contributed by atoms with Crippen molar-refractivity contribution >= 4 is 27.1 Å². The van der Waals surface area contributed by atoms with Crippen LogP contribution in [0.5, 0.6) is 0 Å². The van der Waals surface area contributed by atoms with Crippen LogP contribution in [-0.2, 0) is 22.7 Å². The van der Waals surface area contributed by atoms with E-state index >= 15 is 0 Å². The van der Waals surface area contributed by atoms with Crippen LogP contribution in [0.4, 0.5) is 0 Å². The summed E-state index contributed by atoms with van der Waals surface area (Å²) in [5.74, 6) is 0.0764. The first kappa shape index (κ1) is 18.0. The smallest absolute Gasteiger partial charge is 0.265 e. The highest BCUT2D eigenvalue weighted by Crippen LogP contribution is 2.24. The Bertz CT molecular complexity index is 863. The Kier molecular flexibility index (Phi) is 5.19. The van der Waals surface area contributed by atoms with Crippen molar-refractivity contribution in [1.82, 2.24) is 14.9 Å². The minimum absolute atomic E-state index is 0.0552. The van der Waals surface area contributed by atoms with Crippen molar-refractivity contribution in [3.63, 3.8) is 0 Å². The maximum atomic E-state index is 12.7. The first-order valence-electron chi connectivity index (χ1n) is 8.19. The Morgan fingerprint density at radius 2 is 2.16 bits per heavy atom. The van der Waals surface area contributed by atoms with Crippen LogP contribution < -0.4 is 0 Å². The lowest BCUT2D eigenvalue weighted by Gasteiger charge is -2.22. The van der Waals surface area contributed by atoms with Gasteiger partial charge in [0.1, 0.15) is 4.88 Å². The fourth-order valence-electron chi connectivity index (χ4n) is 2.95. The summed E-state index contributed by atoms with van der Waals surface area (Å²) in [6.45, 7) is 1.83. The second-order valence-corrected chi connectivity index (χ2v) is 9.63. The molecule has 0 N–H and O–H groups in total. The van der Waals surface area contributed by atoms with Gasteiger partial charge in [-0.25, -0.2) is 13.4 Å². The van der Waals surface area contributed by atoms with Gasteiger partial charge >= 0.3 is 0 Å². The summed E-state index contributed by atoms with van der Waals surface area (Å²) in [6, 6.07) is 5.57. The lowest BCUT2D eigenvalue weighted by atomic mass is 10.2. The summed E-state index contributed by atoms with van der Waals surface area (Å²) in [7, 11) is -1.33. The zero-order valence-electron chi connectivity index (χ0n) is 14.3. The minimum Gasteiger partial charge on any atom is -0.337 e. The molecule has 2 aromatic heterocycles. The molecule has 0 aromatic carbocycles. The van der Waals surface area contributed by atoms with Crippen molar-refractivity contribution < 1.29 is 13.2 Å². The van der Waals surface area contributed by atoms with E-state index in [1.165, 1.54) is 11.3 Å². The first-order valence-corrected chi connectivity index (χ1v) is 10.8. The van der Waals surface area contributed by atoms with Gasteiger partial charge in [0.2, 0.25) is 0 Å². The van der Waals surface area contributed by atoms with Gasteiger partial charge in [0.15, 0.2) is 9.84 Å². The highest BCUT2D eigenvalue weighted by Gasteiger charge is 2.34. The van der Waals surface area contributed by atoms with Crippen molar-refractivity contribution in [2.24, 2.45) is 0 Å². The maximum Gasteiger partial charge on any atom is 0.265 e. The number of carbonyl (C=O) groups is 1. The average Bonchev–Trinajstić information content (AvgIpc) is 3.14. The minimum atomic E-state index is -3.01. The van der Waals surface area contributed by atoms with E-state index in [2.05, 4.69) is 9.97 Å². The molecule has 2 aromatic rings. The third-order valence-electron chi connectivity index (χ3n) is 4.43. The molecule has 0 bridgehead atoms. The average molecular weight is 380 g/mol. The molecule has 8 heteroatoms. The summed E-state index contributed by atoms with van der Waals surface area (Å²) in [5, 5.41) is 0.902. The molecule has 0 saturated carbocycles. The number of pyridine rings is 1. The van der Waals surface area contributed by atoms with Crippen LogP contribution in [0.1, 0.15) is 32.5 Å². The molecule has 25 heavy (non-hydrogen) atoms. The standard InChI is InChI=1S/C17H21N3O3S2/c1-12-16(17(21)20(2)14-8-10-25(22,23)11-14)24-15(19-12)7-6-13-5-3-4-9-18-13/h3-5,9,14H,6-8,10-11H2,1-2H3. The molecule has 134 valence electrons. The van der Waals surface area contributed by atoms with Gasteiger partial charge < -0.3 is 4.90 Å². The lowest BCUT2D eigenvalue weighted by molar-refractivity contribution is 0.0751. The number of aromatic nitrogens is 2. The van der Waals surface area contributed by atoms with Crippen molar-refractivity contribution in [3.05, 3.63) is 45.7 Å². The fourth-order valence-corrected chi connectivity index (χ4v) is 5.77. The molecule has 0 spiro atoms. The van der Waals surface area contributed by atoms with Crippen LogP contribution in [0.2, 0.25) is 0 Å². The summed E-state index contributed by atoms with van der Waals surface area (Å²) < 4.78 is 23.3. The monoisotopic (exact) mass is 379 g/mol. The Morgan fingerprint density at radius 1 is 1.36 bits per heavy atom. The molecular formula is C17H21N3O3S2. The van der Waals surface area contributed by atoms with E-state index in [0.29, 0.717) is 17.0 Å². The van der Waals surface area contributed by atoms with E-state index in [1.807, 2.05) is 25.1 Å². The second-order valence-electron chi connectivity index (χ2n) is 6.32. The van der Waals surface area contributed by atoms with Gasteiger partial charge in [-0.15, -0.1) is 11.3 Å². The number of amides is 1. The molecule has 0 aliphatic carbocycles. The number of aryl methyl sites for hydroxylation is 3. The number of nitrogens with zero attached hydrogens (tertiary/aromatic N) is 3. The summed E-state index contributed by atoms with van der Waals surface area (Å²) in [4.78, 5) is 23.7. The topological polar surface area (TPSA) is 80.2 Å². The molecule has 1 amide bonds. The zero-order valence-corrected chi connectivity index (χ0v) is 15.9. The first-order chi connectivity index (χ1) is 11.9. The quantitative estimate of drug-likeness (QED) is 0.792. The Morgan fingerprint density at radius 3 is 2.80 bits per heavy atom. The molecule has 3 heterocycles. The fraction of sp³-hybridized carbons (Fsp3) is 0.471. The number of hydrogen-bond donors (Lipinski definition) is 0. The van der Waals surface area contributed by atoms with Crippen LogP contribution in [0.15, 0.2) is 24.4 Å². The SMILES string of the molecule is Cc1nc(CCc2ccccn2)sc1C(=O)N(C)C1CCS(=O)(=O)C1. The van der Waals surface area contributed by atoms with E-state index in [1.54, 1.807) is 18.1 Å². The Labute approximate surface area is 151 Å². The van der Waals surface area contributed by atoms with Crippen LogP contribution >= 0.6 is 11.3 Å². The predicted molar refractivity (Wildman–Crippen MR) is 97.6 cm³/mol. The molecule has 1 aliphatic heterocycles. The number of sulfone groups is 1. The third-order valence-corrected chi connectivity index (χ3v) is 7.39. The van der Waals surface area contributed by atoms with Crippen molar-refractivity contribution in [3.8, 4) is 0 Å². The Hall–Kier alpha value is -1.80. The molecule has 1 saturated heterocycles.